The van der Waals surface area contributed by atoms with E-state index >= 15 is 0 Å². The molecule has 1 saturated heterocycles. The average molecular weight is 316 g/mol. The van der Waals surface area contributed by atoms with E-state index in [1.807, 2.05) is 13.8 Å². The lowest BCUT2D eigenvalue weighted by atomic mass is 9.93. The van der Waals surface area contributed by atoms with Crippen molar-refractivity contribution in [3.05, 3.63) is 28.7 Å². The Morgan fingerprint density at radius 3 is 2.48 bits per heavy atom. The minimum atomic E-state index is 0.574. The number of hydrogen-bond donors (Lipinski definition) is 0. The first kappa shape index (κ1) is 14.9. The fourth-order valence-corrected chi connectivity index (χ4v) is 3.41. The van der Waals surface area contributed by atoms with Gasteiger partial charge in [-0.05, 0) is 58.5 Å². The molecule has 0 spiro atoms. The first-order valence-corrected chi connectivity index (χ1v) is 8.65. The zero-order valence-corrected chi connectivity index (χ0v) is 13.9. The number of rotatable bonds is 5. The summed E-state index contributed by atoms with van der Waals surface area (Å²) in [4.78, 5) is 7.05. The molecule has 6 nitrogen and oxygen atoms in total. The second-order valence-electron chi connectivity index (χ2n) is 7.05. The molecule has 0 radical (unpaired) electrons. The lowest BCUT2D eigenvalue weighted by Crippen LogP contribution is -2.34. The van der Waals surface area contributed by atoms with Crippen molar-refractivity contribution in [1.82, 2.24) is 20.2 Å². The molecule has 6 heteroatoms. The van der Waals surface area contributed by atoms with Gasteiger partial charge in [0.15, 0.2) is 5.82 Å². The van der Waals surface area contributed by atoms with E-state index in [0.717, 1.165) is 49.2 Å². The molecule has 1 aliphatic heterocycles. The first-order chi connectivity index (χ1) is 11.2. The van der Waals surface area contributed by atoms with E-state index in [2.05, 4.69) is 20.2 Å². The molecule has 0 unspecified atom stereocenters. The van der Waals surface area contributed by atoms with Crippen LogP contribution in [0.3, 0.4) is 0 Å². The molecule has 0 amide bonds. The van der Waals surface area contributed by atoms with E-state index < -0.39 is 0 Å². The normalized spacial score (nSPS) is 20.3. The van der Waals surface area contributed by atoms with Crippen LogP contribution < -0.4 is 0 Å². The van der Waals surface area contributed by atoms with Gasteiger partial charge in [0.05, 0.1) is 5.69 Å². The summed E-state index contributed by atoms with van der Waals surface area (Å²) in [5.41, 5.74) is 2.26. The average Bonchev–Trinajstić information content (AvgIpc) is 3.23. The maximum atomic E-state index is 5.42. The predicted octanol–water partition coefficient (Wildman–Crippen LogP) is 3.01. The molecule has 4 rings (SSSR count). The minimum Gasteiger partial charge on any atom is -0.361 e. The predicted molar refractivity (Wildman–Crippen MR) is 84.0 cm³/mol. The lowest BCUT2D eigenvalue weighted by Gasteiger charge is -2.31. The number of aromatic nitrogens is 3. The summed E-state index contributed by atoms with van der Waals surface area (Å²) in [6.45, 7) is 7.18. The number of hydrogen-bond acceptors (Lipinski definition) is 6. The van der Waals surface area contributed by atoms with E-state index in [4.69, 9.17) is 9.05 Å². The molecule has 3 heterocycles. The van der Waals surface area contributed by atoms with Gasteiger partial charge in [-0.15, -0.1) is 0 Å². The third kappa shape index (κ3) is 3.32. The number of nitrogens with zero attached hydrogens (tertiary/aromatic N) is 4. The number of likely N-dealkylation sites (tertiary alicyclic amines) is 1. The van der Waals surface area contributed by atoms with E-state index in [-0.39, 0.29) is 0 Å². The van der Waals surface area contributed by atoms with Gasteiger partial charge in [0, 0.05) is 24.4 Å². The van der Waals surface area contributed by atoms with E-state index in [0.29, 0.717) is 11.8 Å². The quantitative estimate of drug-likeness (QED) is 0.844. The number of aryl methyl sites for hydroxylation is 2. The Hall–Kier alpha value is -1.69. The van der Waals surface area contributed by atoms with Crippen LogP contribution in [0.2, 0.25) is 0 Å². The van der Waals surface area contributed by atoms with Gasteiger partial charge in [-0.1, -0.05) is 10.3 Å². The van der Waals surface area contributed by atoms with Gasteiger partial charge in [-0.3, -0.25) is 4.90 Å². The van der Waals surface area contributed by atoms with E-state index in [1.54, 1.807) is 0 Å². The highest BCUT2D eigenvalue weighted by Gasteiger charge is 2.29. The lowest BCUT2D eigenvalue weighted by molar-refractivity contribution is 0.170. The SMILES string of the molecule is Cc1noc(C)c1CN1CCC(Cc2nc(C3CC3)no2)CC1. The minimum absolute atomic E-state index is 0.574. The molecule has 0 aromatic carbocycles. The van der Waals surface area contributed by atoms with Gasteiger partial charge in [-0.25, -0.2) is 0 Å². The van der Waals surface area contributed by atoms with Gasteiger partial charge < -0.3 is 9.05 Å². The third-order valence-electron chi connectivity index (χ3n) is 5.16. The Morgan fingerprint density at radius 1 is 1.04 bits per heavy atom. The molecule has 0 bridgehead atoms. The Kier molecular flexibility index (Phi) is 3.93. The molecule has 1 saturated carbocycles. The Bertz CT molecular complexity index is 646. The molecule has 2 aromatic rings. The zero-order chi connectivity index (χ0) is 15.8. The monoisotopic (exact) mass is 316 g/mol. The molecular weight excluding hydrogens is 292 g/mol. The highest BCUT2D eigenvalue weighted by molar-refractivity contribution is 5.20. The molecule has 2 aromatic heterocycles. The van der Waals surface area contributed by atoms with Crippen molar-refractivity contribution >= 4 is 0 Å². The molecule has 2 fully saturated rings. The van der Waals surface area contributed by atoms with Gasteiger partial charge in [-0.2, -0.15) is 4.98 Å². The van der Waals surface area contributed by atoms with Crippen molar-refractivity contribution in [2.75, 3.05) is 13.1 Å². The Labute approximate surface area is 136 Å². The van der Waals surface area contributed by atoms with Gasteiger partial charge in [0.25, 0.3) is 0 Å². The maximum absolute atomic E-state index is 5.42. The van der Waals surface area contributed by atoms with Crippen molar-refractivity contribution in [2.24, 2.45) is 5.92 Å². The Balaban J connectivity index is 1.28. The second kappa shape index (κ2) is 6.07. The van der Waals surface area contributed by atoms with Crippen molar-refractivity contribution in [1.29, 1.82) is 0 Å². The third-order valence-corrected chi connectivity index (χ3v) is 5.16. The van der Waals surface area contributed by atoms with Crippen LogP contribution in [-0.2, 0) is 13.0 Å². The van der Waals surface area contributed by atoms with Crippen LogP contribution in [0.5, 0.6) is 0 Å². The van der Waals surface area contributed by atoms with Crippen LogP contribution >= 0.6 is 0 Å². The van der Waals surface area contributed by atoms with Crippen LogP contribution in [0, 0.1) is 19.8 Å². The molecule has 23 heavy (non-hydrogen) atoms. The summed E-state index contributed by atoms with van der Waals surface area (Å²) in [6, 6.07) is 0. The van der Waals surface area contributed by atoms with Gasteiger partial charge in [0.2, 0.25) is 5.89 Å². The van der Waals surface area contributed by atoms with E-state index in [1.165, 1.54) is 31.2 Å². The van der Waals surface area contributed by atoms with Gasteiger partial charge in [0.1, 0.15) is 5.76 Å². The Morgan fingerprint density at radius 2 is 1.83 bits per heavy atom. The summed E-state index contributed by atoms with van der Waals surface area (Å²) in [6.07, 6.45) is 5.74. The summed E-state index contributed by atoms with van der Waals surface area (Å²) < 4.78 is 10.7. The van der Waals surface area contributed by atoms with Crippen LogP contribution in [-0.4, -0.2) is 33.3 Å². The number of piperidine rings is 1. The molecule has 0 N–H and O–H groups in total. The van der Waals surface area contributed by atoms with Gasteiger partial charge >= 0.3 is 0 Å². The fraction of sp³-hybridized carbons (Fsp3) is 0.706. The second-order valence-corrected chi connectivity index (χ2v) is 7.05. The standard InChI is InChI=1S/C17H24N4O2/c1-11-15(12(2)22-19-11)10-21-7-5-13(6-8-21)9-16-18-17(20-23-16)14-3-4-14/h13-14H,3-10H2,1-2H3. The molecule has 2 aliphatic rings. The maximum Gasteiger partial charge on any atom is 0.226 e. The highest BCUT2D eigenvalue weighted by atomic mass is 16.5. The summed E-state index contributed by atoms with van der Waals surface area (Å²) in [7, 11) is 0. The van der Waals surface area contributed by atoms with Crippen LogP contribution in [0.15, 0.2) is 9.05 Å². The van der Waals surface area contributed by atoms with Crippen molar-refractivity contribution in [3.8, 4) is 0 Å². The molecule has 1 aliphatic carbocycles. The van der Waals surface area contributed by atoms with Crippen LogP contribution in [0.4, 0.5) is 0 Å². The summed E-state index contributed by atoms with van der Waals surface area (Å²) >= 11 is 0. The van der Waals surface area contributed by atoms with Crippen molar-refractivity contribution in [3.63, 3.8) is 0 Å². The molecule has 124 valence electrons. The summed E-state index contributed by atoms with van der Waals surface area (Å²) in [5, 5.41) is 8.16. The van der Waals surface area contributed by atoms with Crippen LogP contribution in [0.1, 0.15) is 60.3 Å². The summed E-state index contributed by atoms with van der Waals surface area (Å²) in [5.74, 6) is 3.93. The smallest absolute Gasteiger partial charge is 0.226 e. The molecular formula is C17H24N4O2. The first-order valence-electron chi connectivity index (χ1n) is 8.65. The van der Waals surface area contributed by atoms with Crippen molar-refractivity contribution in [2.45, 2.75) is 58.4 Å². The highest BCUT2D eigenvalue weighted by Crippen LogP contribution is 2.38. The topological polar surface area (TPSA) is 68.2 Å². The van der Waals surface area contributed by atoms with E-state index in [9.17, 15) is 0 Å². The largest absolute Gasteiger partial charge is 0.361 e. The van der Waals surface area contributed by atoms with Crippen LogP contribution in [0.25, 0.3) is 0 Å². The van der Waals surface area contributed by atoms with Crippen molar-refractivity contribution < 1.29 is 9.05 Å². The zero-order valence-electron chi connectivity index (χ0n) is 13.9. The molecule has 0 atom stereocenters. The fourth-order valence-electron chi connectivity index (χ4n) is 3.41.